The van der Waals surface area contributed by atoms with Gasteiger partial charge in [-0.1, -0.05) is 24.6 Å². The molecule has 1 fully saturated rings. The highest BCUT2D eigenvalue weighted by Crippen LogP contribution is 2.44. The number of carbonyl (C=O) groups is 3. The number of hydrogen-bond acceptors (Lipinski definition) is 6. The average Bonchev–Trinajstić information content (AvgIpc) is 2.74. The Kier molecular flexibility index (Phi) is 6.25. The Morgan fingerprint density at radius 2 is 1.74 bits per heavy atom. The van der Waals surface area contributed by atoms with Gasteiger partial charge in [0, 0.05) is 30.7 Å². The van der Waals surface area contributed by atoms with Gasteiger partial charge in [0.15, 0.2) is 0 Å². The van der Waals surface area contributed by atoms with Crippen molar-refractivity contribution in [2.75, 3.05) is 0 Å². The van der Waals surface area contributed by atoms with Gasteiger partial charge in [-0.15, -0.1) is 0 Å². The van der Waals surface area contributed by atoms with E-state index in [0.717, 1.165) is 42.6 Å². The maximum Gasteiger partial charge on any atom is 0.336 e. The molecule has 1 aromatic carbocycles. The minimum Gasteiger partial charge on any atom is -0.459 e. The zero-order chi connectivity index (χ0) is 22.0. The van der Waals surface area contributed by atoms with Crippen LogP contribution in [-0.2, 0) is 19.1 Å². The summed E-state index contributed by atoms with van der Waals surface area (Å²) in [5, 5.41) is 3.30. The lowest BCUT2D eigenvalue weighted by molar-refractivity contribution is -0.146. The molecule has 0 radical (unpaired) electrons. The predicted octanol–water partition coefficient (Wildman–Crippen LogP) is 4.31. The molecule has 1 heterocycles. The predicted molar refractivity (Wildman–Crippen MR) is 115 cm³/mol. The summed E-state index contributed by atoms with van der Waals surface area (Å²) in [6.45, 7) is 3.22. The fourth-order valence-electron chi connectivity index (χ4n) is 4.95. The van der Waals surface area contributed by atoms with E-state index in [1.54, 1.807) is 12.1 Å². The first-order valence-corrected chi connectivity index (χ1v) is 11.1. The number of ether oxygens (including phenoxy) is 2. The van der Waals surface area contributed by atoms with Crippen molar-refractivity contribution in [3.05, 3.63) is 52.9 Å². The minimum absolute atomic E-state index is 0.0625. The minimum atomic E-state index is -0.439. The Morgan fingerprint density at radius 3 is 2.42 bits per heavy atom. The normalized spacial score (nSPS) is 24.1. The van der Waals surface area contributed by atoms with E-state index in [0.29, 0.717) is 24.2 Å². The van der Waals surface area contributed by atoms with Gasteiger partial charge >= 0.3 is 11.9 Å². The van der Waals surface area contributed by atoms with E-state index >= 15 is 0 Å². The first-order chi connectivity index (χ1) is 14.9. The van der Waals surface area contributed by atoms with Crippen LogP contribution in [0, 0.1) is 5.92 Å². The Balaban J connectivity index is 1.70. The summed E-state index contributed by atoms with van der Waals surface area (Å²) in [7, 11) is 0. The number of hydrogen-bond donors (Lipinski definition) is 1. The Morgan fingerprint density at radius 1 is 1.03 bits per heavy atom. The Hall–Kier alpha value is -2.89. The molecule has 1 saturated carbocycles. The molecule has 0 amide bonds. The molecule has 6 nitrogen and oxygen atoms in total. The van der Waals surface area contributed by atoms with Crippen molar-refractivity contribution in [2.24, 2.45) is 5.92 Å². The van der Waals surface area contributed by atoms with E-state index in [2.05, 4.69) is 11.4 Å². The van der Waals surface area contributed by atoms with E-state index in [9.17, 15) is 14.4 Å². The molecule has 0 aromatic heterocycles. The summed E-state index contributed by atoms with van der Waals surface area (Å²) in [6, 6.07) is 7.06. The van der Waals surface area contributed by atoms with Crippen molar-refractivity contribution in [1.29, 1.82) is 0 Å². The molecular formula is C25H29NO5. The van der Waals surface area contributed by atoms with Crippen LogP contribution < -0.4 is 10.1 Å². The van der Waals surface area contributed by atoms with Crippen LogP contribution in [0.15, 0.2) is 47.3 Å². The molecule has 6 heteroatoms. The lowest BCUT2D eigenvalue weighted by Crippen LogP contribution is -2.41. The molecule has 0 bridgehead atoms. The molecular weight excluding hydrogens is 394 g/mol. The average molecular weight is 424 g/mol. The quantitative estimate of drug-likeness (QED) is 0.574. The maximum atomic E-state index is 13.3. The van der Waals surface area contributed by atoms with Gasteiger partial charge < -0.3 is 14.8 Å². The Bertz CT molecular complexity index is 937. The number of ketones is 1. The fraction of sp³-hybridized carbons (Fsp3) is 0.480. The van der Waals surface area contributed by atoms with E-state index in [1.807, 2.05) is 19.1 Å². The van der Waals surface area contributed by atoms with Crippen LogP contribution in [0.3, 0.4) is 0 Å². The van der Waals surface area contributed by atoms with Crippen LogP contribution in [0.4, 0.5) is 0 Å². The van der Waals surface area contributed by atoms with Gasteiger partial charge in [-0.05, 0) is 56.7 Å². The fourth-order valence-corrected chi connectivity index (χ4v) is 4.95. The molecule has 1 aromatic rings. The standard InChI is InChI=1S/C25H29NO5/c1-15-22(25(29)31-18-7-4-3-5-8-18)23(24-20(26-15)9-6-10-21(24)28)17-11-13-19(14-12-17)30-16(2)27/h9,11-14,18,23-24,26H,3-8,10H2,1-2H3. The molecule has 3 aliphatic rings. The number of Topliss-reactive ketones (excluding diaryl/α,β-unsaturated/α-hetero) is 1. The SMILES string of the molecule is CC(=O)Oc1ccc(C2C(C(=O)OC3CCCCC3)=C(C)NC3=CCCC(=O)C32)cc1. The number of esters is 2. The molecule has 1 N–H and O–H groups in total. The van der Waals surface area contributed by atoms with E-state index in [1.165, 1.54) is 13.3 Å². The van der Waals surface area contributed by atoms with Crippen LogP contribution >= 0.6 is 0 Å². The highest BCUT2D eigenvalue weighted by Gasteiger charge is 2.43. The summed E-state index contributed by atoms with van der Waals surface area (Å²) in [5.41, 5.74) is 2.94. The van der Waals surface area contributed by atoms with Crippen molar-refractivity contribution < 1.29 is 23.9 Å². The second-order valence-electron chi connectivity index (χ2n) is 8.61. The molecule has 2 atom stereocenters. The van der Waals surface area contributed by atoms with Gasteiger partial charge in [0.05, 0.1) is 11.5 Å². The topological polar surface area (TPSA) is 81.7 Å². The molecule has 0 saturated heterocycles. The monoisotopic (exact) mass is 423 g/mol. The second kappa shape index (κ2) is 9.08. The summed E-state index contributed by atoms with van der Waals surface area (Å²) in [5.74, 6) is -1.05. The van der Waals surface area contributed by atoms with Gasteiger partial charge in [0.1, 0.15) is 17.6 Å². The molecule has 4 rings (SSSR count). The second-order valence-corrected chi connectivity index (χ2v) is 8.61. The van der Waals surface area contributed by atoms with Crippen LogP contribution in [0.25, 0.3) is 0 Å². The highest BCUT2D eigenvalue weighted by molar-refractivity contribution is 5.96. The summed E-state index contributed by atoms with van der Waals surface area (Å²) >= 11 is 0. The molecule has 31 heavy (non-hydrogen) atoms. The number of rotatable bonds is 4. The largest absolute Gasteiger partial charge is 0.459 e. The first kappa shape index (κ1) is 21.3. The smallest absolute Gasteiger partial charge is 0.336 e. The van der Waals surface area contributed by atoms with Crippen molar-refractivity contribution in [1.82, 2.24) is 5.32 Å². The van der Waals surface area contributed by atoms with Crippen LogP contribution in [-0.4, -0.2) is 23.8 Å². The molecule has 164 valence electrons. The van der Waals surface area contributed by atoms with Gasteiger partial charge in [-0.2, -0.15) is 0 Å². The summed E-state index contributed by atoms with van der Waals surface area (Å²) in [6.07, 6.45) is 8.26. The van der Waals surface area contributed by atoms with Crippen molar-refractivity contribution in [3.63, 3.8) is 0 Å². The van der Waals surface area contributed by atoms with E-state index in [4.69, 9.17) is 9.47 Å². The third-order valence-corrected chi connectivity index (χ3v) is 6.36. The number of benzene rings is 1. The van der Waals surface area contributed by atoms with Gasteiger partial charge in [-0.3, -0.25) is 9.59 Å². The van der Waals surface area contributed by atoms with E-state index < -0.39 is 17.8 Å². The van der Waals surface area contributed by atoms with Crippen molar-refractivity contribution in [2.45, 2.75) is 70.8 Å². The lowest BCUT2D eigenvalue weighted by Gasteiger charge is -2.38. The number of allylic oxidation sites excluding steroid dienone is 3. The third-order valence-electron chi connectivity index (χ3n) is 6.36. The molecule has 2 unspecified atom stereocenters. The molecule has 0 spiro atoms. The van der Waals surface area contributed by atoms with Crippen LogP contribution in [0.1, 0.15) is 70.3 Å². The molecule has 2 aliphatic carbocycles. The Labute approximate surface area is 182 Å². The summed E-state index contributed by atoms with van der Waals surface area (Å²) < 4.78 is 11.1. The number of carbonyl (C=O) groups excluding carboxylic acids is 3. The number of fused-ring (bicyclic) bond motifs is 1. The maximum absolute atomic E-state index is 13.3. The first-order valence-electron chi connectivity index (χ1n) is 11.1. The summed E-state index contributed by atoms with van der Waals surface area (Å²) in [4.78, 5) is 37.6. The van der Waals surface area contributed by atoms with Crippen molar-refractivity contribution >= 4 is 17.7 Å². The van der Waals surface area contributed by atoms with Gasteiger partial charge in [0.2, 0.25) is 0 Å². The zero-order valence-electron chi connectivity index (χ0n) is 18.1. The van der Waals surface area contributed by atoms with E-state index in [-0.39, 0.29) is 17.9 Å². The van der Waals surface area contributed by atoms with Gasteiger partial charge in [-0.25, -0.2) is 4.79 Å². The van der Waals surface area contributed by atoms with Crippen LogP contribution in [0.5, 0.6) is 5.75 Å². The van der Waals surface area contributed by atoms with Crippen LogP contribution in [0.2, 0.25) is 0 Å². The number of nitrogens with one attached hydrogen (secondary N) is 1. The van der Waals surface area contributed by atoms with Gasteiger partial charge in [0.25, 0.3) is 0 Å². The van der Waals surface area contributed by atoms with Crippen molar-refractivity contribution in [3.8, 4) is 5.75 Å². The molecule has 1 aliphatic heterocycles. The third kappa shape index (κ3) is 4.58. The highest BCUT2D eigenvalue weighted by atomic mass is 16.5. The lowest BCUT2D eigenvalue weighted by atomic mass is 9.71. The zero-order valence-corrected chi connectivity index (χ0v) is 18.1.